The monoisotopic (exact) mass is 375 g/mol. The van der Waals surface area contributed by atoms with E-state index in [0.717, 1.165) is 58.5 Å². The third kappa shape index (κ3) is 5.11. The number of aromatic nitrogens is 2. The zero-order valence-corrected chi connectivity index (χ0v) is 17.6. The minimum absolute atomic E-state index is 0.335. The van der Waals surface area contributed by atoms with Gasteiger partial charge in [-0.25, -0.2) is 4.98 Å². The molecule has 0 saturated carbocycles. The van der Waals surface area contributed by atoms with Gasteiger partial charge in [-0.1, -0.05) is 0 Å². The Hall–Kier alpha value is -1.40. The Morgan fingerprint density at radius 2 is 1.78 bits per heavy atom. The van der Waals surface area contributed by atoms with Crippen LogP contribution in [0.5, 0.6) is 0 Å². The Labute approximate surface area is 164 Å². The van der Waals surface area contributed by atoms with Gasteiger partial charge in [0.25, 0.3) is 0 Å². The lowest BCUT2D eigenvalue weighted by Crippen LogP contribution is -2.48. The van der Waals surface area contributed by atoms with Crippen LogP contribution < -0.4 is 0 Å². The van der Waals surface area contributed by atoms with Crippen molar-refractivity contribution < 1.29 is 4.79 Å². The maximum atomic E-state index is 12.7. The second-order valence-electron chi connectivity index (χ2n) is 8.67. The highest BCUT2D eigenvalue weighted by Crippen LogP contribution is 2.29. The van der Waals surface area contributed by atoms with Crippen molar-refractivity contribution in [3.05, 3.63) is 18.2 Å². The lowest BCUT2D eigenvalue weighted by molar-refractivity contribution is -0.132. The third-order valence-corrected chi connectivity index (χ3v) is 6.40. The molecule has 2 aliphatic rings. The number of nitrogens with zero attached hydrogens (tertiary/aromatic N) is 5. The SMILES string of the molecule is CC(CCC(=O)N1CCC(c2nccn2C(C)C)CC1)N1CCN(C)CC1. The molecule has 6 nitrogen and oxygen atoms in total. The fraction of sp³-hybridized carbons (Fsp3) is 0.810. The van der Waals surface area contributed by atoms with Crippen molar-refractivity contribution in [2.75, 3.05) is 46.3 Å². The predicted molar refractivity (Wildman–Crippen MR) is 109 cm³/mol. The lowest BCUT2D eigenvalue weighted by atomic mass is 9.95. The van der Waals surface area contributed by atoms with Gasteiger partial charge in [0, 0.05) is 76.1 Å². The molecule has 1 atom stereocenters. The van der Waals surface area contributed by atoms with E-state index in [2.05, 4.69) is 58.3 Å². The minimum atomic E-state index is 0.335. The summed E-state index contributed by atoms with van der Waals surface area (Å²) in [6, 6.07) is 0.942. The molecule has 1 amide bonds. The molecule has 0 aliphatic carbocycles. The van der Waals surface area contributed by atoms with Crippen molar-refractivity contribution in [2.45, 2.75) is 64.5 Å². The van der Waals surface area contributed by atoms with Gasteiger partial charge in [0.2, 0.25) is 5.91 Å². The first-order valence-corrected chi connectivity index (χ1v) is 10.7. The van der Waals surface area contributed by atoms with Crippen LogP contribution in [0.4, 0.5) is 0 Å². The zero-order valence-electron chi connectivity index (χ0n) is 17.6. The first-order valence-electron chi connectivity index (χ1n) is 10.7. The van der Waals surface area contributed by atoms with Gasteiger partial charge in [-0.15, -0.1) is 0 Å². The summed E-state index contributed by atoms with van der Waals surface area (Å²) in [5, 5.41) is 0. The topological polar surface area (TPSA) is 44.6 Å². The van der Waals surface area contributed by atoms with E-state index in [1.807, 2.05) is 6.20 Å². The number of likely N-dealkylation sites (tertiary alicyclic amines) is 1. The van der Waals surface area contributed by atoms with E-state index in [-0.39, 0.29) is 0 Å². The van der Waals surface area contributed by atoms with Gasteiger partial charge in [-0.3, -0.25) is 9.69 Å². The molecule has 0 spiro atoms. The van der Waals surface area contributed by atoms with E-state index in [1.165, 1.54) is 5.82 Å². The summed E-state index contributed by atoms with van der Waals surface area (Å²) in [5.41, 5.74) is 0. The average Bonchev–Trinajstić information content (AvgIpc) is 3.17. The minimum Gasteiger partial charge on any atom is -0.343 e. The summed E-state index contributed by atoms with van der Waals surface area (Å²) in [7, 11) is 2.18. The fourth-order valence-corrected chi connectivity index (χ4v) is 4.40. The van der Waals surface area contributed by atoms with Crippen LogP contribution in [-0.2, 0) is 4.79 Å². The zero-order chi connectivity index (χ0) is 19.4. The molecule has 6 heteroatoms. The van der Waals surface area contributed by atoms with Gasteiger partial charge in [0.05, 0.1) is 0 Å². The molecule has 3 rings (SSSR count). The quantitative estimate of drug-likeness (QED) is 0.767. The van der Waals surface area contributed by atoms with Gasteiger partial charge < -0.3 is 14.4 Å². The van der Waals surface area contributed by atoms with Gasteiger partial charge in [0.1, 0.15) is 5.82 Å². The van der Waals surface area contributed by atoms with Crippen molar-refractivity contribution >= 4 is 5.91 Å². The van der Waals surface area contributed by atoms with Crippen molar-refractivity contribution in [2.24, 2.45) is 0 Å². The standard InChI is InChI=1S/C21H37N5O/c1-17(2)26-12-9-22-21(26)19-7-10-25(11-8-19)20(27)6-5-18(3)24-15-13-23(4)14-16-24/h9,12,17-19H,5-8,10-11,13-16H2,1-4H3. The number of amides is 1. The number of carbonyl (C=O) groups excluding carboxylic acids is 1. The van der Waals surface area contributed by atoms with Gasteiger partial charge >= 0.3 is 0 Å². The van der Waals surface area contributed by atoms with Crippen molar-refractivity contribution in [1.82, 2.24) is 24.3 Å². The maximum absolute atomic E-state index is 12.7. The lowest BCUT2D eigenvalue weighted by Gasteiger charge is -2.37. The molecule has 2 saturated heterocycles. The fourth-order valence-electron chi connectivity index (χ4n) is 4.40. The Balaban J connectivity index is 1.42. The molecular weight excluding hydrogens is 338 g/mol. The Morgan fingerprint density at radius 3 is 2.41 bits per heavy atom. The highest BCUT2D eigenvalue weighted by atomic mass is 16.2. The Bertz CT molecular complexity index is 597. The van der Waals surface area contributed by atoms with Crippen LogP contribution in [0.1, 0.15) is 64.2 Å². The van der Waals surface area contributed by atoms with Crippen molar-refractivity contribution in [3.63, 3.8) is 0 Å². The second-order valence-corrected chi connectivity index (χ2v) is 8.67. The Kier molecular flexibility index (Phi) is 6.93. The maximum Gasteiger partial charge on any atom is 0.222 e. The number of imidazole rings is 1. The van der Waals surface area contributed by atoms with Gasteiger partial charge in [-0.2, -0.15) is 0 Å². The summed E-state index contributed by atoms with van der Waals surface area (Å²) >= 11 is 0. The van der Waals surface area contributed by atoms with E-state index in [4.69, 9.17) is 0 Å². The number of hydrogen-bond acceptors (Lipinski definition) is 4. The van der Waals surface area contributed by atoms with Crippen LogP contribution in [0.15, 0.2) is 12.4 Å². The molecule has 27 heavy (non-hydrogen) atoms. The molecule has 1 aromatic rings. The van der Waals surface area contributed by atoms with Gasteiger partial charge in [0.15, 0.2) is 0 Å². The second kappa shape index (κ2) is 9.20. The molecule has 2 aliphatic heterocycles. The molecule has 0 radical (unpaired) electrons. The first kappa shape index (κ1) is 20.3. The third-order valence-electron chi connectivity index (χ3n) is 6.40. The Morgan fingerprint density at radius 1 is 1.11 bits per heavy atom. The molecular formula is C21H37N5O. The number of piperazine rings is 1. The smallest absolute Gasteiger partial charge is 0.222 e. The summed E-state index contributed by atoms with van der Waals surface area (Å²) < 4.78 is 2.28. The number of carbonyl (C=O) groups is 1. The summed E-state index contributed by atoms with van der Waals surface area (Å²) in [6.07, 6.45) is 7.70. The average molecular weight is 376 g/mol. The molecule has 0 N–H and O–H groups in total. The normalized spacial score (nSPS) is 21.7. The summed E-state index contributed by atoms with van der Waals surface area (Å²) in [6.45, 7) is 12.9. The van der Waals surface area contributed by atoms with Crippen molar-refractivity contribution in [1.29, 1.82) is 0 Å². The van der Waals surface area contributed by atoms with Gasteiger partial charge in [-0.05, 0) is 47.1 Å². The van der Waals surface area contributed by atoms with Crippen LogP contribution in [-0.4, -0.2) is 82.5 Å². The van der Waals surface area contributed by atoms with Crippen LogP contribution in [0, 0.1) is 0 Å². The largest absolute Gasteiger partial charge is 0.343 e. The number of piperidine rings is 1. The van der Waals surface area contributed by atoms with E-state index in [1.54, 1.807) is 0 Å². The van der Waals surface area contributed by atoms with E-state index < -0.39 is 0 Å². The molecule has 1 aromatic heterocycles. The molecule has 0 bridgehead atoms. The van der Waals surface area contributed by atoms with Crippen molar-refractivity contribution in [3.8, 4) is 0 Å². The van der Waals surface area contributed by atoms with E-state index >= 15 is 0 Å². The van der Waals surface area contributed by atoms with E-state index in [0.29, 0.717) is 30.3 Å². The molecule has 152 valence electrons. The number of rotatable bonds is 6. The number of likely N-dealkylation sites (N-methyl/N-ethyl adjacent to an activating group) is 1. The van der Waals surface area contributed by atoms with E-state index in [9.17, 15) is 4.79 Å². The summed E-state index contributed by atoms with van der Waals surface area (Å²) in [4.78, 5) is 24.3. The summed E-state index contributed by atoms with van der Waals surface area (Å²) in [5.74, 6) is 2.01. The van der Waals surface area contributed by atoms with Crippen LogP contribution >= 0.6 is 0 Å². The molecule has 3 heterocycles. The highest BCUT2D eigenvalue weighted by Gasteiger charge is 2.27. The number of hydrogen-bond donors (Lipinski definition) is 0. The molecule has 0 aromatic carbocycles. The first-order chi connectivity index (χ1) is 13.0. The molecule has 2 fully saturated rings. The predicted octanol–water partition coefficient (Wildman–Crippen LogP) is 2.59. The highest BCUT2D eigenvalue weighted by molar-refractivity contribution is 5.76. The van der Waals surface area contributed by atoms with Crippen LogP contribution in [0.3, 0.4) is 0 Å². The van der Waals surface area contributed by atoms with Crippen LogP contribution in [0.25, 0.3) is 0 Å². The molecule has 1 unspecified atom stereocenters. The van der Waals surface area contributed by atoms with Crippen LogP contribution in [0.2, 0.25) is 0 Å².